The number of hydrogen-bond donors (Lipinski definition) is 2. The van der Waals surface area contributed by atoms with Crippen molar-refractivity contribution < 1.29 is 9.53 Å². The molecule has 25 heavy (non-hydrogen) atoms. The Labute approximate surface area is 158 Å². The molecule has 0 spiro atoms. The van der Waals surface area contributed by atoms with Gasteiger partial charge >= 0.3 is 0 Å². The molecule has 2 aromatic carbocycles. The van der Waals surface area contributed by atoms with Gasteiger partial charge < -0.3 is 15.4 Å². The van der Waals surface area contributed by atoms with Gasteiger partial charge in [-0.1, -0.05) is 37.0 Å². The Morgan fingerprint density at radius 1 is 1.12 bits per heavy atom. The molecule has 0 aliphatic heterocycles. The Morgan fingerprint density at radius 3 is 2.52 bits per heavy atom. The van der Waals surface area contributed by atoms with E-state index in [-0.39, 0.29) is 12.5 Å². The number of benzene rings is 2. The molecule has 0 saturated carbocycles. The number of carbonyl (C=O) groups is 1. The SMILES string of the molecule is CC(C)CCOc1ccc(NC(=O)CNc2cc(Cl)ccc2Cl)cc1. The van der Waals surface area contributed by atoms with Gasteiger partial charge in [0.15, 0.2) is 0 Å². The van der Waals surface area contributed by atoms with Crippen molar-refractivity contribution in [1.29, 1.82) is 0 Å². The molecule has 0 fully saturated rings. The van der Waals surface area contributed by atoms with Gasteiger partial charge in [-0.15, -0.1) is 0 Å². The van der Waals surface area contributed by atoms with Crippen molar-refractivity contribution >= 4 is 40.5 Å². The second-order valence-corrected chi connectivity index (χ2v) is 6.92. The summed E-state index contributed by atoms with van der Waals surface area (Å²) in [6.07, 6.45) is 1.01. The lowest BCUT2D eigenvalue weighted by atomic mass is 10.1. The van der Waals surface area contributed by atoms with Crippen molar-refractivity contribution in [2.45, 2.75) is 20.3 Å². The molecule has 0 heterocycles. The van der Waals surface area contributed by atoms with E-state index in [1.54, 1.807) is 18.2 Å². The third kappa shape index (κ3) is 6.85. The quantitative estimate of drug-likeness (QED) is 0.638. The van der Waals surface area contributed by atoms with E-state index in [2.05, 4.69) is 24.5 Å². The molecule has 6 heteroatoms. The summed E-state index contributed by atoms with van der Waals surface area (Å²) < 4.78 is 5.65. The predicted octanol–water partition coefficient (Wildman–Crippen LogP) is 5.47. The molecule has 4 nitrogen and oxygen atoms in total. The first-order valence-electron chi connectivity index (χ1n) is 8.15. The van der Waals surface area contributed by atoms with Gasteiger partial charge in [0.1, 0.15) is 5.75 Å². The molecular formula is C19H22Cl2N2O2. The van der Waals surface area contributed by atoms with Crippen LogP contribution in [0.2, 0.25) is 10.0 Å². The lowest BCUT2D eigenvalue weighted by molar-refractivity contribution is -0.114. The minimum atomic E-state index is -0.176. The number of anilines is 2. The lowest BCUT2D eigenvalue weighted by Crippen LogP contribution is -2.21. The number of halogens is 2. The fourth-order valence-corrected chi connectivity index (χ4v) is 2.42. The van der Waals surface area contributed by atoms with E-state index >= 15 is 0 Å². The highest BCUT2D eigenvalue weighted by Crippen LogP contribution is 2.25. The van der Waals surface area contributed by atoms with Gasteiger partial charge in [0, 0.05) is 10.7 Å². The third-order valence-corrected chi connectivity index (χ3v) is 4.03. The van der Waals surface area contributed by atoms with Crippen LogP contribution in [-0.4, -0.2) is 19.1 Å². The molecule has 0 radical (unpaired) electrons. The zero-order chi connectivity index (χ0) is 18.2. The summed E-state index contributed by atoms with van der Waals surface area (Å²) in [4.78, 5) is 12.0. The maximum absolute atomic E-state index is 12.0. The summed E-state index contributed by atoms with van der Waals surface area (Å²) in [6, 6.07) is 12.4. The van der Waals surface area contributed by atoms with E-state index in [1.807, 2.05) is 24.3 Å². The average Bonchev–Trinajstić information content (AvgIpc) is 2.57. The van der Waals surface area contributed by atoms with Crippen LogP contribution < -0.4 is 15.4 Å². The van der Waals surface area contributed by atoms with Crippen molar-refractivity contribution in [3.05, 3.63) is 52.5 Å². The van der Waals surface area contributed by atoms with Crippen LogP contribution in [0.25, 0.3) is 0 Å². The normalized spacial score (nSPS) is 10.6. The van der Waals surface area contributed by atoms with Crippen LogP contribution in [0.4, 0.5) is 11.4 Å². The van der Waals surface area contributed by atoms with Gasteiger partial charge in [0.25, 0.3) is 0 Å². The molecule has 134 valence electrons. The second kappa shape index (κ2) is 9.54. The Hall–Kier alpha value is -1.91. The van der Waals surface area contributed by atoms with Gasteiger partial charge in [-0.25, -0.2) is 0 Å². The first-order chi connectivity index (χ1) is 11.9. The number of amides is 1. The van der Waals surface area contributed by atoms with Crippen LogP contribution in [0.1, 0.15) is 20.3 Å². The minimum Gasteiger partial charge on any atom is -0.494 e. The van der Waals surface area contributed by atoms with E-state index in [0.29, 0.717) is 33.9 Å². The molecule has 0 bridgehead atoms. The van der Waals surface area contributed by atoms with Crippen molar-refractivity contribution in [3.8, 4) is 5.75 Å². The van der Waals surface area contributed by atoms with Gasteiger partial charge in [-0.2, -0.15) is 0 Å². The smallest absolute Gasteiger partial charge is 0.243 e. The number of hydrogen-bond acceptors (Lipinski definition) is 3. The maximum Gasteiger partial charge on any atom is 0.243 e. The van der Waals surface area contributed by atoms with E-state index in [9.17, 15) is 4.79 Å². The fourth-order valence-electron chi connectivity index (χ4n) is 2.06. The number of ether oxygens (including phenoxy) is 1. The molecule has 0 unspecified atom stereocenters. The van der Waals surface area contributed by atoms with E-state index < -0.39 is 0 Å². The molecule has 2 aromatic rings. The Balaban J connectivity index is 1.81. The Bertz CT molecular complexity index is 703. The van der Waals surface area contributed by atoms with Crippen molar-refractivity contribution in [2.24, 2.45) is 5.92 Å². The molecule has 0 aliphatic carbocycles. The summed E-state index contributed by atoms with van der Waals surface area (Å²) in [5.41, 5.74) is 1.33. The predicted molar refractivity (Wildman–Crippen MR) is 105 cm³/mol. The molecule has 0 saturated heterocycles. The van der Waals surface area contributed by atoms with Crippen molar-refractivity contribution in [2.75, 3.05) is 23.8 Å². The molecule has 0 atom stereocenters. The van der Waals surface area contributed by atoms with Crippen LogP contribution in [0.15, 0.2) is 42.5 Å². The molecule has 0 aromatic heterocycles. The van der Waals surface area contributed by atoms with Crippen molar-refractivity contribution in [1.82, 2.24) is 0 Å². The lowest BCUT2D eigenvalue weighted by Gasteiger charge is -2.11. The summed E-state index contributed by atoms with van der Waals surface area (Å²) in [6.45, 7) is 5.10. The molecule has 0 aliphatic rings. The summed E-state index contributed by atoms with van der Waals surface area (Å²) in [7, 11) is 0. The van der Waals surface area contributed by atoms with Crippen molar-refractivity contribution in [3.63, 3.8) is 0 Å². The largest absolute Gasteiger partial charge is 0.494 e. The topological polar surface area (TPSA) is 50.4 Å². The van der Waals surface area contributed by atoms with Crippen LogP contribution in [0.3, 0.4) is 0 Å². The zero-order valence-corrected chi connectivity index (χ0v) is 15.8. The van der Waals surface area contributed by atoms with Crippen LogP contribution in [0, 0.1) is 5.92 Å². The second-order valence-electron chi connectivity index (χ2n) is 6.08. The molecular weight excluding hydrogens is 359 g/mol. The third-order valence-electron chi connectivity index (χ3n) is 3.47. The molecule has 1 amide bonds. The van der Waals surface area contributed by atoms with Crippen LogP contribution in [-0.2, 0) is 4.79 Å². The first-order valence-corrected chi connectivity index (χ1v) is 8.91. The number of carbonyl (C=O) groups excluding carboxylic acids is 1. The molecule has 2 rings (SSSR count). The highest BCUT2D eigenvalue weighted by molar-refractivity contribution is 6.35. The minimum absolute atomic E-state index is 0.0900. The maximum atomic E-state index is 12.0. The van der Waals surface area contributed by atoms with Gasteiger partial charge in [0.2, 0.25) is 5.91 Å². The fraction of sp³-hybridized carbons (Fsp3) is 0.316. The van der Waals surface area contributed by atoms with E-state index in [0.717, 1.165) is 12.2 Å². The van der Waals surface area contributed by atoms with E-state index in [1.165, 1.54) is 0 Å². The van der Waals surface area contributed by atoms with Crippen LogP contribution in [0.5, 0.6) is 5.75 Å². The summed E-state index contributed by atoms with van der Waals surface area (Å²) >= 11 is 12.0. The Morgan fingerprint density at radius 2 is 1.84 bits per heavy atom. The first kappa shape index (κ1) is 19.4. The standard InChI is InChI=1S/C19H22Cl2N2O2/c1-13(2)9-10-25-16-6-4-15(5-7-16)23-19(24)12-22-18-11-14(20)3-8-17(18)21/h3-8,11,13,22H,9-10,12H2,1-2H3,(H,23,24). The molecule has 2 N–H and O–H groups in total. The average molecular weight is 381 g/mol. The summed E-state index contributed by atoms with van der Waals surface area (Å²) in [5, 5.41) is 6.86. The van der Waals surface area contributed by atoms with Gasteiger partial charge in [-0.05, 0) is 54.8 Å². The van der Waals surface area contributed by atoms with Crippen LogP contribution >= 0.6 is 23.2 Å². The monoisotopic (exact) mass is 380 g/mol. The highest BCUT2D eigenvalue weighted by atomic mass is 35.5. The van der Waals surface area contributed by atoms with Gasteiger partial charge in [0.05, 0.1) is 23.9 Å². The Kier molecular flexibility index (Phi) is 7.41. The summed E-state index contributed by atoms with van der Waals surface area (Å²) in [5.74, 6) is 1.23. The van der Waals surface area contributed by atoms with Gasteiger partial charge in [-0.3, -0.25) is 4.79 Å². The number of nitrogens with one attached hydrogen (secondary N) is 2. The highest BCUT2D eigenvalue weighted by Gasteiger charge is 2.06. The zero-order valence-electron chi connectivity index (χ0n) is 14.3. The van der Waals surface area contributed by atoms with E-state index in [4.69, 9.17) is 27.9 Å². The number of rotatable bonds is 8.